The summed E-state index contributed by atoms with van der Waals surface area (Å²) in [5.74, 6) is -0.315. The van der Waals surface area contributed by atoms with E-state index in [0.717, 1.165) is 10.0 Å². The Kier molecular flexibility index (Phi) is 4.51. The molecule has 0 aromatic heterocycles. The lowest BCUT2D eigenvalue weighted by Gasteiger charge is -2.08. The van der Waals surface area contributed by atoms with Gasteiger partial charge in [0.1, 0.15) is 0 Å². The highest BCUT2D eigenvalue weighted by atomic mass is 79.9. The van der Waals surface area contributed by atoms with E-state index in [-0.39, 0.29) is 12.4 Å². The molecule has 0 aliphatic carbocycles. The number of benzene rings is 1. The van der Waals surface area contributed by atoms with Crippen LogP contribution in [0.1, 0.15) is 23.6 Å². The van der Waals surface area contributed by atoms with Gasteiger partial charge in [-0.3, -0.25) is 4.79 Å². The van der Waals surface area contributed by atoms with Gasteiger partial charge in [0.15, 0.2) is 0 Å². The van der Waals surface area contributed by atoms with Gasteiger partial charge in [0.05, 0.1) is 24.7 Å². The van der Waals surface area contributed by atoms with Crippen LogP contribution >= 0.6 is 15.9 Å². The molecule has 1 aromatic rings. The molecule has 0 aliphatic rings. The van der Waals surface area contributed by atoms with Crippen LogP contribution < -0.4 is 0 Å². The minimum atomic E-state index is -0.315. The lowest BCUT2D eigenvalue weighted by molar-refractivity contribution is -0.142. The standard InChI is InChI=1S/C12H12BrNO2/c1-3-16-11(15)6-10-9(7-14)5-4-8(2)12(10)13/h4-5H,3,6H2,1-2H3. The largest absolute Gasteiger partial charge is 0.466 e. The third-order valence-electron chi connectivity index (χ3n) is 2.18. The normalized spacial score (nSPS) is 9.62. The molecule has 84 valence electrons. The molecule has 4 heteroatoms. The van der Waals surface area contributed by atoms with Gasteiger partial charge < -0.3 is 4.74 Å². The summed E-state index contributed by atoms with van der Waals surface area (Å²) in [6.45, 7) is 4.03. The van der Waals surface area contributed by atoms with Crippen LogP contribution in [0.2, 0.25) is 0 Å². The summed E-state index contributed by atoms with van der Waals surface area (Å²) in [5.41, 5.74) is 2.20. The van der Waals surface area contributed by atoms with Gasteiger partial charge in [-0.2, -0.15) is 5.26 Å². The van der Waals surface area contributed by atoms with E-state index in [1.165, 1.54) is 0 Å². The molecule has 0 aliphatic heterocycles. The molecule has 0 fully saturated rings. The van der Waals surface area contributed by atoms with Gasteiger partial charge in [-0.1, -0.05) is 22.0 Å². The average Bonchev–Trinajstić information content (AvgIpc) is 2.25. The quantitative estimate of drug-likeness (QED) is 0.801. The molecule has 16 heavy (non-hydrogen) atoms. The molecule has 0 N–H and O–H groups in total. The third kappa shape index (κ3) is 2.83. The Morgan fingerprint density at radius 2 is 2.25 bits per heavy atom. The minimum Gasteiger partial charge on any atom is -0.466 e. The van der Waals surface area contributed by atoms with Crippen LogP contribution in [0.4, 0.5) is 0 Å². The monoisotopic (exact) mass is 281 g/mol. The van der Waals surface area contributed by atoms with Gasteiger partial charge in [0.25, 0.3) is 0 Å². The first-order valence-corrected chi connectivity index (χ1v) is 5.73. The van der Waals surface area contributed by atoms with Crippen molar-refractivity contribution in [3.05, 3.63) is 33.3 Å². The maximum Gasteiger partial charge on any atom is 0.310 e. The number of ether oxygens (including phenoxy) is 1. The van der Waals surface area contributed by atoms with Crippen molar-refractivity contribution < 1.29 is 9.53 Å². The van der Waals surface area contributed by atoms with Crippen LogP contribution in [0.15, 0.2) is 16.6 Å². The van der Waals surface area contributed by atoms with Crippen molar-refractivity contribution in [3.8, 4) is 6.07 Å². The lowest BCUT2D eigenvalue weighted by Crippen LogP contribution is -2.09. The Bertz CT molecular complexity index is 449. The van der Waals surface area contributed by atoms with Crippen LogP contribution in [-0.2, 0) is 16.0 Å². The van der Waals surface area contributed by atoms with Crippen LogP contribution in [-0.4, -0.2) is 12.6 Å². The second-order valence-corrected chi connectivity index (χ2v) is 4.11. The second-order valence-electron chi connectivity index (χ2n) is 3.32. The van der Waals surface area contributed by atoms with Gasteiger partial charge in [-0.05, 0) is 31.0 Å². The van der Waals surface area contributed by atoms with Gasteiger partial charge in [0.2, 0.25) is 0 Å². The van der Waals surface area contributed by atoms with Gasteiger partial charge >= 0.3 is 5.97 Å². The maximum absolute atomic E-state index is 11.4. The van der Waals surface area contributed by atoms with Crippen molar-refractivity contribution in [1.82, 2.24) is 0 Å². The molecule has 0 saturated heterocycles. The molecule has 3 nitrogen and oxygen atoms in total. The SMILES string of the molecule is CCOC(=O)Cc1c(C#N)ccc(C)c1Br. The number of halogens is 1. The molecule has 0 heterocycles. The van der Waals surface area contributed by atoms with Crippen LogP contribution in [0.25, 0.3) is 0 Å². The molecule has 0 unspecified atom stereocenters. The van der Waals surface area contributed by atoms with E-state index >= 15 is 0 Å². The van der Waals surface area contributed by atoms with E-state index < -0.39 is 0 Å². The molecule has 0 saturated carbocycles. The number of nitrogens with zero attached hydrogens (tertiary/aromatic N) is 1. The minimum absolute atomic E-state index is 0.124. The number of carbonyl (C=O) groups is 1. The predicted octanol–water partition coefficient (Wildman–Crippen LogP) is 2.73. The van der Waals surface area contributed by atoms with Crippen molar-refractivity contribution in [2.45, 2.75) is 20.3 Å². The number of rotatable bonds is 3. The number of hydrogen-bond donors (Lipinski definition) is 0. The zero-order valence-corrected chi connectivity index (χ0v) is 10.8. The summed E-state index contributed by atoms with van der Waals surface area (Å²) in [4.78, 5) is 11.4. The van der Waals surface area contributed by atoms with E-state index in [2.05, 4.69) is 22.0 Å². The Hall–Kier alpha value is -1.34. The Morgan fingerprint density at radius 1 is 1.56 bits per heavy atom. The van der Waals surface area contributed by atoms with E-state index in [1.807, 2.05) is 13.0 Å². The van der Waals surface area contributed by atoms with E-state index in [1.54, 1.807) is 13.0 Å². The van der Waals surface area contributed by atoms with Crippen molar-refractivity contribution >= 4 is 21.9 Å². The number of nitriles is 1. The van der Waals surface area contributed by atoms with Crippen LogP contribution in [0, 0.1) is 18.3 Å². The molecule has 0 radical (unpaired) electrons. The fraction of sp³-hybridized carbons (Fsp3) is 0.333. The Morgan fingerprint density at radius 3 is 2.81 bits per heavy atom. The van der Waals surface area contributed by atoms with Gasteiger partial charge in [0, 0.05) is 4.47 Å². The summed E-state index contributed by atoms with van der Waals surface area (Å²) < 4.78 is 5.68. The summed E-state index contributed by atoms with van der Waals surface area (Å²) in [6, 6.07) is 5.63. The van der Waals surface area contributed by atoms with Crippen molar-refractivity contribution in [1.29, 1.82) is 5.26 Å². The molecule has 1 rings (SSSR count). The molecule has 0 atom stereocenters. The second kappa shape index (κ2) is 5.66. The number of carbonyl (C=O) groups excluding carboxylic acids is 1. The Labute approximate surface area is 103 Å². The highest BCUT2D eigenvalue weighted by Crippen LogP contribution is 2.25. The highest BCUT2D eigenvalue weighted by Gasteiger charge is 2.13. The molecule has 1 aromatic carbocycles. The van der Waals surface area contributed by atoms with Crippen LogP contribution in [0.3, 0.4) is 0 Å². The topological polar surface area (TPSA) is 50.1 Å². The molecule has 0 amide bonds. The van der Waals surface area contributed by atoms with Crippen molar-refractivity contribution in [2.24, 2.45) is 0 Å². The number of hydrogen-bond acceptors (Lipinski definition) is 3. The fourth-order valence-electron chi connectivity index (χ4n) is 1.37. The first-order valence-electron chi connectivity index (χ1n) is 4.93. The maximum atomic E-state index is 11.4. The molecule has 0 spiro atoms. The van der Waals surface area contributed by atoms with Crippen molar-refractivity contribution in [2.75, 3.05) is 6.61 Å². The predicted molar refractivity (Wildman–Crippen MR) is 63.9 cm³/mol. The van der Waals surface area contributed by atoms with Gasteiger partial charge in [-0.25, -0.2) is 0 Å². The highest BCUT2D eigenvalue weighted by molar-refractivity contribution is 9.10. The lowest BCUT2D eigenvalue weighted by atomic mass is 10.0. The molecular weight excluding hydrogens is 270 g/mol. The Balaban J connectivity index is 3.07. The number of aryl methyl sites for hydroxylation is 1. The van der Waals surface area contributed by atoms with Crippen molar-refractivity contribution in [3.63, 3.8) is 0 Å². The smallest absolute Gasteiger partial charge is 0.310 e. The van der Waals surface area contributed by atoms with Gasteiger partial charge in [-0.15, -0.1) is 0 Å². The van der Waals surface area contributed by atoms with E-state index in [0.29, 0.717) is 17.7 Å². The fourth-order valence-corrected chi connectivity index (χ4v) is 1.86. The molecular formula is C12H12BrNO2. The first kappa shape index (κ1) is 12.7. The van der Waals surface area contributed by atoms with E-state index in [9.17, 15) is 4.79 Å². The van der Waals surface area contributed by atoms with E-state index in [4.69, 9.17) is 10.00 Å². The summed E-state index contributed by atoms with van der Waals surface area (Å²) in [7, 11) is 0. The summed E-state index contributed by atoms with van der Waals surface area (Å²) >= 11 is 3.39. The zero-order valence-electron chi connectivity index (χ0n) is 9.21. The molecule has 0 bridgehead atoms. The number of esters is 1. The average molecular weight is 282 g/mol. The van der Waals surface area contributed by atoms with Crippen LogP contribution in [0.5, 0.6) is 0 Å². The third-order valence-corrected chi connectivity index (χ3v) is 3.29. The summed E-state index contributed by atoms with van der Waals surface area (Å²) in [5, 5.41) is 8.95. The zero-order chi connectivity index (χ0) is 12.1. The first-order chi connectivity index (χ1) is 7.60. The summed E-state index contributed by atoms with van der Waals surface area (Å²) in [6.07, 6.45) is 0.124.